The van der Waals surface area contributed by atoms with Crippen LogP contribution in [0.1, 0.15) is 27.3 Å². The van der Waals surface area contributed by atoms with Crippen molar-refractivity contribution >= 4 is 40.6 Å². The summed E-state index contributed by atoms with van der Waals surface area (Å²) in [7, 11) is 0. The van der Waals surface area contributed by atoms with E-state index in [-0.39, 0.29) is 5.69 Å². The van der Waals surface area contributed by atoms with E-state index >= 15 is 0 Å². The molecule has 0 amide bonds. The Morgan fingerprint density at radius 2 is 1.93 bits per heavy atom. The number of aromatic nitrogens is 2. The normalized spacial score (nSPS) is 13.1. The van der Waals surface area contributed by atoms with Gasteiger partial charge in [-0.25, -0.2) is 9.48 Å². The zero-order chi connectivity index (χ0) is 20.5. The summed E-state index contributed by atoms with van der Waals surface area (Å²) in [5.41, 5.74) is 4.45. The minimum absolute atomic E-state index is 0.0540. The maximum atomic E-state index is 11.8. The lowest BCUT2D eigenvalue weighted by Crippen LogP contribution is -2.39. The third kappa shape index (κ3) is 3.83. The number of nitrogens with one attached hydrogen (secondary N) is 1. The third-order valence-electron chi connectivity index (χ3n) is 5.01. The van der Waals surface area contributed by atoms with Gasteiger partial charge in [-0.3, -0.25) is 0 Å². The number of carboxylic acids is 1. The Morgan fingerprint density at radius 3 is 2.62 bits per heavy atom. The van der Waals surface area contributed by atoms with Gasteiger partial charge in [-0.2, -0.15) is 5.10 Å². The molecule has 148 valence electrons. The zero-order valence-electron chi connectivity index (χ0n) is 15.7. The van der Waals surface area contributed by atoms with Gasteiger partial charge in [-0.05, 0) is 55.0 Å². The molecule has 2 heterocycles. The Labute approximate surface area is 178 Å². The Kier molecular flexibility index (Phi) is 5.25. The quantitative estimate of drug-likeness (QED) is 0.609. The number of fused-ring (bicyclic) bond motifs is 1. The van der Waals surface area contributed by atoms with E-state index in [0.29, 0.717) is 35.2 Å². The van der Waals surface area contributed by atoms with Crippen molar-refractivity contribution in [1.82, 2.24) is 14.7 Å². The van der Waals surface area contributed by atoms with Gasteiger partial charge in [0.2, 0.25) is 0 Å². The summed E-state index contributed by atoms with van der Waals surface area (Å²) in [6, 6.07) is 15.1. The van der Waals surface area contributed by atoms with Gasteiger partial charge in [0.25, 0.3) is 0 Å². The van der Waals surface area contributed by atoms with Crippen molar-refractivity contribution in [1.29, 1.82) is 0 Å². The fourth-order valence-corrected chi connectivity index (χ4v) is 3.86. The number of anilines is 1. The molecule has 0 atom stereocenters. The van der Waals surface area contributed by atoms with E-state index in [9.17, 15) is 9.90 Å². The minimum atomic E-state index is -1.05. The Morgan fingerprint density at radius 1 is 1.21 bits per heavy atom. The maximum Gasteiger partial charge on any atom is 0.356 e. The van der Waals surface area contributed by atoms with Crippen molar-refractivity contribution in [2.24, 2.45) is 0 Å². The topological polar surface area (TPSA) is 70.4 Å². The molecule has 8 heteroatoms. The van der Waals surface area contributed by atoms with Gasteiger partial charge in [0.15, 0.2) is 10.8 Å². The predicted octanol–water partition coefficient (Wildman–Crippen LogP) is 4.29. The van der Waals surface area contributed by atoms with E-state index in [2.05, 4.69) is 10.4 Å². The second kappa shape index (κ2) is 7.85. The monoisotopic (exact) mass is 426 g/mol. The number of carboxylic acid groups (broad SMARTS) is 1. The molecule has 0 radical (unpaired) electrons. The first-order valence-corrected chi connectivity index (χ1v) is 9.94. The number of para-hydroxylation sites is 1. The highest BCUT2D eigenvalue weighted by Gasteiger charge is 2.29. The van der Waals surface area contributed by atoms with Crippen LogP contribution in [0.2, 0.25) is 5.02 Å². The summed E-state index contributed by atoms with van der Waals surface area (Å²) in [5, 5.41) is 18.5. The minimum Gasteiger partial charge on any atom is -0.476 e. The maximum absolute atomic E-state index is 11.8. The smallest absolute Gasteiger partial charge is 0.356 e. The summed E-state index contributed by atoms with van der Waals surface area (Å²) >= 11 is 11.6. The molecule has 4 rings (SSSR count). The molecule has 0 bridgehead atoms. The first-order chi connectivity index (χ1) is 13.9. The summed E-state index contributed by atoms with van der Waals surface area (Å²) < 4.78 is 1.70. The van der Waals surface area contributed by atoms with E-state index < -0.39 is 5.97 Å². The van der Waals surface area contributed by atoms with E-state index in [1.165, 1.54) is 0 Å². The van der Waals surface area contributed by atoms with Crippen LogP contribution in [0.15, 0.2) is 48.5 Å². The number of aryl methyl sites for hydroxylation is 1. The number of hydrogen-bond acceptors (Lipinski definition) is 3. The molecule has 29 heavy (non-hydrogen) atoms. The van der Waals surface area contributed by atoms with Crippen molar-refractivity contribution in [3.8, 4) is 5.69 Å². The van der Waals surface area contributed by atoms with Crippen molar-refractivity contribution in [2.45, 2.75) is 19.9 Å². The molecule has 1 aliphatic rings. The molecule has 2 aromatic carbocycles. The molecule has 0 spiro atoms. The van der Waals surface area contributed by atoms with Crippen molar-refractivity contribution in [3.63, 3.8) is 0 Å². The molecule has 6 nitrogen and oxygen atoms in total. The Balaban J connectivity index is 1.63. The van der Waals surface area contributed by atoms with Crippen LogP contribution in [0.25, 0.3) is 5.69 Å². The third-order valence-corrected chi connectivity index (χ3v) is 5.62. The fraction of sp³-hybridized carbons (Fsp3) is 0.190. The molecule has 2 N–H and O–H groups in total. The van der Waals surface area contributed by atoms with Gasteiger partial charge in [0, 0.05) is 35.8 Å². The van der Waals surface area contributed by atoms with Crippen molar-refractivity contribution in [3.05, 3.63) is 76.1 Å². The molecular weight excluding hydrogens is 408 g/mol. The molecule has 1 aliphatic heterocycles. The Hall–Kier alpha value is -2.90. The van der Waals surface area contributed by atoms with Crippen LogP contribution in [0.5, 0.6) is 0 Å². The molecule has 3 aromatic rings. The van der Waals surface area contributed by atoms with Crippen LogP contribution in [-0.2, 0) is 13.0 Å². The van der Waals surface area contributed by atoms with Gasteiger partial charge in [-0.15, -0.1) is 0 Å². The van der Waals surface area contributed by atoms with E-state index in [1.807, 2.05) is 48.2 Å². The highest BCUT2D eigenvalue weighted by molar-refractivity contribution is 7.80. The van der Waals surface area contributed by atoms with Crippen molar-refractivity contribution < 1.29 is 9.90 Å². The number of rotatable bonds is 3. The van der Waals surface area contributed by atoms with Crippen LogP contribution in [0, 0.1) is 6.92 Å². The predicted molar refractivity (Wildman–Crippen MR) is 117 cm³/mol. The van der Waals surface area contributed by atoms with E-state index in [1.54, 1.807) is 16.8 Å². The molecular formula is C21H19ClN4O2S. The van der Waals surface area contributed by atoms with Gasteiger partial charge in [0.1, 0.15) is 0 Å². The van der Waals surface area contributed by atoms with Crippen LogP contribution in [0.4, 0.5) is 5.69 Å². The summed E-state index contributed by atoms with van der Waals surface area (Å²) in [4.78, 5) is 13.8. The molecule has 0 fully saturated rings. The zero-order valence-corrected chi connectivity index (χ0v) is 17.3. The average molecular weight is 427 g/mol. The standard InChI is InChI=1S/C21H19ClN4O2S/c1-13-4-2-3-5-17(13)23-21(29)25-11-10-18-16(12-25)19(20(27)28)24-26(18)15-8-6-14(22)7-9-15/h2-9H,10-12H2,1H3,(H,23,29)(H,27,28). The fourth-order valence-electron chi connectivity index (χ4n) is 3.47. The van der Waals surface area contributed by atoms with Gasteiger partial charge in [-0.1, -0.05) is 29.8 Å². The van der Waals surface area contributed by atoms with Crippen LogP contribution in [0.3, 0.4) is 0 Å². The highest BCUT2D eigenvalue weighted by Crippen LogP contribution is 2.27. The van der Waals surface area contributed by atoms with Crippen LogP contribution < -0.4 is 5.32 Å². The largest absolute Gasteiger partial charge is 0.476 e. The second-order valence-electron chi connectivity index (χ2n) is 6.88. The number of nitrogens with zero attached hydrogens (tertiary/aromatic N) is 3. The molecule has 0 unspecified atom stereocenters. The van der Waals surface area contributed by atoms with Gasteiger partial charge >= 0.3 is 5.97 Å². The number of benzene rings is 2. The van der Waals surface area contributed by atoms with E-state index in [4.69, 9.17) is 23.8 Å². The van der Waals surface area contributed by atoms with Crippen LogP contribution in [-0.4, -0.2) is 37.4 Å². The van der Waals surface area contributed by atoms with Crippen molar-refractivity contribution in [2.75, 3.05) is 11.9 Å². The molecule has 0 saturated heterocycles. The number of hydrogen-bond donors (Lipinski definition) is 2. The Bertz CT molecular complexity index is 1090. The molecule has 0 aliphatic carbocycles. The lowest BCUT2D eigenvalue weighted by atomic mass is 10.1. The SMILES string of the molecule is Cc1ccccc1NC(=S)N1CCc2c(c(C(=O)O)nn2-c2ccc(Cl)cc2)C1. The average Bonchev–Trinajstić information content (AvgIpc) is 3.09. The summed E-state index contributed by atoms with van der Waals surface area (Å²) in [5.74, 6) is -1.05. The summed E-state index contributed by atoms with van der Waals surface area (Å²) in [6.45, 7) is 3.07. The highest BCUT2D eigenvalue weighted by atomic mass is 35.5. The van der Waals surface area contributed by atoms with E-state index in [0.717, 1.165) is 22.6 Å². The summed E-state index contributed by atoms with van der Waals surface area (Å²) in [6.07, 6.45) is 0.633. The van der Waals surface area contributed by atoms with Gasteiger partial charge in [0.05, 0.1) is 11.4 Å². The second-order valence-corrected chi connectivity index (χ2v) is 7.71. The lowest BCUT2D eigenvalue weighted by Gasteiger charge is -2.30. The number of aromatic carboxylic acids is 1. The first-order valence-electron chi connectivity index (χ1n) is 9.15. The van der Waals surface area contributed by atoms with Crippen LogP contribution >= 0.6 is 23.8 Å². The number of halogens is 1. The number of carbonyl (C=O) groups is 1. The number of thiocarbonyl (C=S) groups is 1. The molecule has 0 saturated carbocycles. The lowest BCUT2D eigenvalue weighted by molar-refractivity contribution is 0.0688. The molecule has 1 aromatic heterocycles. The van der Waals surface area contributed by atoms with Gasteiger partial charge < -0.3 is 15.3 Å². The first kappa shape index (κ1) is 19.4.